The van der Waals surface area contributed by atoms with E-state index in [1.54, 1.807) is 12.1 Å². The van der Waals surface area contributed by atoms with E-state index < -0.39 is 5.76 Å². The van der Waals surface area contributed by atoms with Gasteiger partial charge in [0.15, 0.2) is 0 Å². The molecule has 1 unspecified atom stereocenters. The fourth-order valence-corrected chi connectivity index (χ4v) is 3.15. The number of benzene rings is 1. The number of likely N-dealkylation sites (tertiary alicyclic amines) is 1. The standard InChI is InChI=1S/C15H22F2N2S/c1-15(2)10-19(8-7-13(15)18)9-11-3-5-12(6-4-11)20-14(16)17/h3-6,13-14H,7-10,18H2,1-2H3. The minimum Gasteiger partial charge on any atom is -0.327 e. The van der Waals surface area contributed by atoms with Crippen molar-refractivity contribution in [3.8, 4) is 0 Å². The van der Waals surface area contributed by atoms with E-state index in [1.807, 2.05) is 12.1 Å². The molecule has 1 aliphatic rings. The summed E-state index contributed by atoms with van der Waals surface area (Å²) in [6.45, 7) is 7.23. The van der Waals surface area contributed by atoms with Crippen molar-refractivity contribution in [1.29, 1.82) is 0 Å². The summed E-state index contributed by atoms with van der Waals surface area (Å²) < 4.78 is 24.5. The van der Waals surface area contributed by atoms with Crippen molar-refractivity contribution in [2.75, 3.05) is 13.1 Å². The lowest BCUT2D eigenvalue weighted by atomic mass is 9.79. The van der Waals surface area contributed by atoms with Crippen molar-refractivity contribution in [3.63, 3.8) is 0 Å². The van der Waals surface area contributed by atoms with Crippen LogP contribution in [-0.2, 0) is 6.54 Å². The number of nitrogens with zero attached hydrogens (tertiary/aromatic N) is 1. The Labute approximate surface area is 123 Å². The summed E-state index contributed by atoms with van der Waals surface area (Å²) in [6, 6.07) is 7.67. The number of piperidine rings is 1. The monoisotopic (exact) mass is 300 g/mol. The summed E-state index contributed by atoms with van der Waals surface area (Å²) >= 11 is 0.590. The highest BCUT2D eigenvalue weighted by Gasteiger charge is 2.33. The summed E-state index contributed by atoms with van der Waals surface area (Å²) in [7, 11) is 0. The van der Waals surface area contributed by atoms with Gasteiger partial charge in [0.2, 0.25) is 0 Å². The summed E-state index contributed by atoms with van der Waals surface area (Å²) in [4.78, 5) is 3.00. The van der Waals surface area contributed by atoms with E-state index >= 15 is 0 Å². The van der Waals surface area contributed by atoms with E-state index in [-0.39, 0.29) is 11.5 Å². The van der Waals surface area contributed by atoms with E-state index in [9.17, 15) is 8.78 Å². The van der Waals surface area contributed by atoms with Crippen LogP contribution in [0, 0.1) is 5.41 Å². The highest BCUT2D eigenvalue weighted by molar-refractivity contribution is 7.99. The van der Waals surface area contributed by atoms with Crippen LogP contribution in [0.15, 0.2) is 29.2 Å². The number of hydrogen-bond donors (Lipinski definition) is 1. The molecule has 1 aliphatic heterocycles. The van der Waals surface area contributed by atoms with E-state index in [1.165, 1.54) is 0 Å². The van der Waals surface area contributed by atoms with Gasteiger partial charge in [0.1, 0.15) is 0 Å². The molecule has 2 N–H and O–H groups in total. The average Bonchev–Trinajstić information content (AvgIpc) is 2.35. The molecular formula is C15H22F2N2S. The minimum atomic E-state index is -2.36. The number of hydrogen-bond acceptors (Lipinski definition) is 3. The fraction of sp³-hybridized carbons (Fsp3) is 0.600. The van der Waals surface area contributed by atoms with Gasteiger partial charge in [-0.25, -0.2) is 0 Å². The van der Waals surface area contributed by atoms with Gasteiger partial charge in [-0.2, -0.15) is 8.78 Å². The third-order valence-electron chi connectivity index (χ3n) is 3.95. The van der Waals surface area contributed by atoms with E-state index in [4.69, 9.17) is 5.73 Å². The Hall–Kier alpha value is -0.650. The van der Waals surface area contributed by atoms with Crippen molar-refractivity contribution in [3.05, 3.63) is 29.8 Å². The van der Waals surface area contributed by atoms with E-state index in [2.05, 4.69) is 18.7 Å². The topological polar surface area (TPSA) is 29.3 Å². The van der Waals surface area contributed by atoms with Crippen LogP contribution in [-0.4, -0.2) is 29.8 Å². The van der Waals surface area contributed by atoms with Gasteiger partial charge >= 0.3 is 0 Å². The number of rotatable bonds is 4. The Balaban J connectivity index is 1.93. The first-order valence-corrected chi connectivity index (χ1v) is 7.76. The molecule has 2 rings (SSSR count). The Bertz CT molecular complexity index is 434. The second kappa shape index (κ2) is 6.41. The lowest BCUT2D eigenvalue weighted by molar-refractivity contribution is 0.0899. The van der Waals surface area contributed by atoms with E-state index in [0.29, 0.717) is 16.7 Å². The number of alkyl halides is 2. The molecule has 1 fully saturated rings. The summed E-state index contributed by atoms with van der Waals surface area (Å²) in [5.41, 5.74) is 7.42. The van der Waals surface area contributed by atoms with Gasteiger partial charge in [0.25, 0.3) is 5.76 Å². The number of nitrogens with two attached hydrogens (primary N) is 1. The lowest BCUT2D eigenvalue weighted by Gasteiger charge is -2.42. The summed E-state index contributed by atoms with van der Waals surface area (Å²) in [5.74, 6) is -2.36. The van der Waals surface area contributed by atoms with Gasteiger partial charge in [-0.3, -0.25) is 4.90 Å². The Morgan fingerprint density at radius 3 is 2.55 bits per heavy atom. The average molecular weight is 300 g/mol. The van der Waals surface area contributed by atoms with Crippen LogP contribution >= 0.6 is 11.8 Å². The molecule has 1 aromatic carbocycles. The van der Waals surface area contributed by atoms with Crippen LogP contribution in [0.3, 0.4) is 0 Å². The molecule has 1 saturated heterocycles. The molecule has 0 amide bonds. The Morgan fingerprint density at radius 1 is 1.35 bits per heavy atom. The first-order chi connectivity index (χ1) is 9.37. The molecule has 0 spiro atoms. The minimum absolute atomic E-state index is 0.129. The van der Waals surface area contributed by atoms with Crippen LogP contribution < -0.4 is 5.73 Å². The van der Waals surface area contributed by atoms with Crippen molar-refractivity contribution in [1.82, 2.24) is 4.90 Å². The predicted octanol–water partition coefficient (Wildman–Crippen LogP) is 3.56. The molecule has 0 saturated carbocycles. The van der Waals surface area contributed by atoms with Gasteiger partial charge in [-0.05, 0) is 29.5 Å². The summed E-state index contributed by atoms with van der Waals surface area (Å²) in [6.07, 6.45) is 1.01. The number of halogens is 2. The molecular weight excluding hydrogens is 278 g/mol. The molecule has 0 aromatic heterocycles. The van der Waals surface area contributed by atoms with Gasteiger partial charge in [-0.15, -0.1) is 0 Å². The molecule has 1 atom stereocenters. The van der Waals surface area contributed by atoms with Crippen LogP contribution in [0.2, 0.25) is 0 Å². The zero-order valence-electron chi connectivity index (χ0n) is 12.0. The molecule has 0 aliphatic carbocycles. The van der Waals surface area contributed by atoms with Crippen molar-refractivity contribution in [2.24, 2.45) is 11.1 Å². The van der Waals surface area contributed by atoms with Crippen molar-refractivity contribution >= 4 is 11.8 Å². The first kappa shape index (κ1) is 15.7. The van der Waals surface area contributed by atoms with Crippen molar-refractivity contribution in [2.45, 2.75) is 43.5 Å². The third-order valence-corrected chi connectivity index (χ3v) is 4.67. The zero-order valence-corrected chi connectivity index (χ0v) is 12.8. The van der Waals surface area contributed by atoms with Crippen LogP contribution in [0.25, 0.3) is 0 Å². The van der Waals surface area contributed by atoms with Gasteiger partial charge in [0, 0.05) is 30.6 Å². The van der Waals surface area contributed by atoms with Gasteiger partial charge in [0.05, 0.1) is 0 Å². The molecule has 1 aromatic rings. The normalized spacial score (nSPS) is 23.2. The molecule has 1 heterocycles. The van der Waals surface area contributed by atoms with Gasteiger partial charge in [-0.1, -0.05) is 37.7 Å². The maximum absolute atomic E-state index is 12.3. The Morgan fingerprint density at radius 2 is 2.00 bits per heavy atom. The second-order valence-electron chi connectivity index (χ2n) is 6.12. The molecule has 112 valence electrons. The molecule has 2 nitrogen and oxygen atoms in total. The molecule has 5 heteroatoms. The van der Waals surface area contributed by atoms with E-state index in [0.717, 1.165) is 31.6 Å². The number of thioether (sulfide) groups is 1. The lowest BCUT2D eigenvalue weighted by Crippen LogP contribution is -2.52. The first-order valence-electron chi connectivity index (χ1n) is 6.88. The Kier molecular flexibility index (Phi) is 5.04. The SMILES string of the molecule is CC1(C)CN(Cc2ccc(SC(F)F)cc2)CCC1N. The van der Waals surface area contributed by atoms with Crippen LogP contribution in [0.1, 0.15) is 25.8 Å². The molecule has 0 radical (unpaired) electrons. The maximum Gasteiger partial charge on any atom is 0.288 e. The summed E-state index contributed by atoms with van der Waals surface area (Å²) in [5, 5.41) is 0. The highest BCUT2D eigenvalue weighted by Crippen LogP contribution is 2.29. The van der Waals surface area contributed by atoms with Crippen molar-refractivity contribution < 1.29 is 8.78 Å². The largest absolute Gasteiger partial charge is 0.327 e. The molecule has 0 bridgehead atoms. The zero-order chi connectivity index (χ0) is 14.8. The van der Waals surface area contributed by atoms with Crippen LogP contribution in [0.5, 0.6) is 0 Å². The third kappa shape index (κ3) is 4.17. The second-order valence-corrected chi connectivity index (χ2v) is 7.18. The molecule has 20 heavy (non-hydrogen) atoms. The van der Waals surface area contributed by atoms with Gasteiger partial charge < -0.3 is 5.73 Å². The maximum atomic E-state index is 12.3. The quantitative estimate of drug-likeness (QED) is 0.862. The van der Waals surface area contributed by atoms with Crippen LogP contribution in [0.4, 0.5) is 8.78 Å². The predicted molar refractivity (Wildman–Crippen MR) is 80.0 cm³/mol. The highest BCUT2D eigenvalue weighted by atomic mass is 32.2. The smallest absolute Gasteiger partial charge is 0.288 e. The fourth-order valence-electron chi connectivity index (χ4n) is 2.65.